The van der Waals surface area contributed by atoms with Gasteiger partial charge in [0.15, 0.2) is 0 Å². The summed E-state index contributed by atoms with van der Waals surface area (Å²) in [7, 11) is -2.08. The number of hydrogen-bond donors (Lipinski definition) is 2. The number of nitrogens with zero attached hydrogens (tertiary/aromatic N) is 1. The minimum Gasteiger partial charge on any atom is -0.273 e. The van der Waals surface area contributed by atoms with Crippen molar-refractivity contribution in [3.8, 4) is 0 Å². The van der Waals surface area contributed by atoms with Crippen LogP contribution in [0.3, 0.4) is 0 Å². The molecular formula is C25H33N3O4S. The van der Waals surface area contributed by atoms with E-state index in [1.807, 2.05) is 6.92 Å². The maximum atomic E-state index is 12.7. The van der Waals surface area contributed by atoms with Gasteiger partial charge < -0.3 is 0 Å². The Bertz CT molecular complexity index is 1040. The summed E-state index contributed by atoms with van der Waals surface area (Å²) in [5, 5.41) is 0. The lowest BCUT2D eigenvalue weighted by Gasteiger charge is -2.21. The van der Waals surface area contributed by atoms with Gasteiger partial charge in [0.2, 0.25) is 15.9 Å². The molecule has 178 valence electrons. The van der Waals surface area contributed by atoms with Crippen LogP contribution in [0.4, 0.5) is 0 Å². The van der Waals surface area contributed by atoms with Crippen molar-refractivity contribution in [3.05, 3.63) is 65.2 Å². The van der Waals surface area contributed by atoms with Gasteiger partial charge in [0, 0.05) is 25.6 Å². The first-order valence-corrected chi connectivity index (χ1v) is 12.9. The Morgan fingerprint density at radius 3 is 2.21 bits per heavy atom. The molecule has 2 N–H and O–H groups in total. The van der Waals surface area contributed by atoms with Crippen molar-refractivity contribution in [2.24, 2.45) is 5.92 Å². The Morgan fingerprint density at radius 2 is 1.58 bits per heavy atom. The number of nitrogens with one attached hydrogen (secondary N) is 2. The summed E-state index contributed by atoms with van der Waals surface area (Å²) < 4.78 is 26.8. The average molecular weight is 472 g/mol. The molecule has 0 saturated heterocycles. The molecule has 1 saturated carbocycles. The summed E-state index contributed by atoms with van der Waals surface area (Å²) in [6.07, 6.45) is 7.41. The van der Waals surface area contributed by atoms with Crippen molar-refractivity contribution < 1.29 is 18.0 Å². The Balaban J connectivity index is 1.48. The molecule has 0 atom stereocenters. The lowest BCUT2D eigenvalue weighted by molar-refractivity contribution is -0.122. The number of benzene rings is 2. The van der Waals surface area contributed by atoms with Gasteiger partial charge in [-0.15, -0.1) is 0 Å². The number of carbonyl (C=O) groups is 2. The van der Waals surface area contributed by atoms with Crippen LogP contribution in [0.5, 0.6) is 0 Å². The predicted molar refractivity (Wildman–Crippen MR) is 128 cm³/mol. The molecule has 1 aliphatic rings. The van der Waals surface area contributed by atoms with Gasteiger partial charge in [0.05, 0.1) is 4.90 Å². The van der Waals surface area contributed by atoms with Crippen LogP contribution in [-0.2, 0) is 21.4 Å². The standard InChI is InChI=1S/C25H33N3O4S/c1-19-8-15-23(16-9-19)33(31,32)28(2)18-21-10-13-22(14-11-21)25(30)27-26-24(29)17-12-20-6-4-3-5-7-20/h8-11,13-16,20H,3-7,12,17-18H2,1-2H3,(H,26,29)(H,27,30). The molecular weight excluding hydrogens is 438 g/mol. The first-order chi connectivity index (χ1) is 15.8. The van der Waals surface area contributed by atoms with Gasteiger partial charge in [-0.2, -0.15) is 4.31 Å². The van der Waals surface area contributed by atoms with Crippen molar-refractivity contribution in [2.45, 2.75) is 63.3 Å². The van der Waals surface area contributed by atoms with Crippen LogP contribution in [0, 0.1) is 12.8 Å². The summed E-state index contributed by atoms with van der Waals surface area (Å²) in [6, 6.07) is 13.4. The van der Waals surface area contributed by atoms with Gasteiger partial charge in [-0.25, -0.2) is 8.42 Å². The number of sulfonamides is 1. The molecule has 2 aromatic carbocycles. The molecule has 0 aromatic heterocycles. The highest BCUT2D eigenvalue weighted by atomic mass is 32.2. The third kappa shape index (κ3) is 7.14. The number of hydrazine groups is 1. The maximum Gasteiger partial charge on any atom is 0.269 e. The van der Waals surface area contributed by atoms with Gasteiger partial charge in [0.1, 0.15) is 0 Å². The second-order valence-electron chi connectivity index (χ2n) is 8.82. The van der Waals surface area contributed by atoms with E-state index in [0.717, 1.165) is 17.5 Å². The minimum atomic E-state index is -3.61. The van der Waals surface area contributed by atoms with Crippen LogP contribution in [0.2, 0.25) is 0 Å². The zero-order valence-corrected chi connectivity index (χ0v) is 20.2. The zero-order chi connectivity index (χ0) is 23.8. The number of amides is 2. The van der Waals surface area contributed by atoms with Gasteiger partial charge in [-0.05, 0) is 49.1 Å². The van der Waals surface area contributed by atoms with E-state index < -0.39 is 15.9 Å². The van der Waals surface area contributed by atoms with Gasteiger partial charge >= 0.3 is 0 Å². The van der Waals surface area contributed by atoms with E-state index in [0.29, 0.717) is 17.9 Å². The molecule has 1 fully saturated rings. The first-order valence-electron chi connectivity index (χ1n) is 11.5. The molecule has 0 aliphatic heterocycles. The third-order valence-electron chi connectivity index (χ3n) is 6.17. The van der Waals surface area contributed by atoms with Gasteiger partial charge in [0.25, 0.3) is 5.91 Å². The quantitative estimate of drug-likeness (QED) is 0.570. The third-order valence-corrected chi connectivity index (χ3v) is 7.99. The van der Waals surface area contributed by atoms with Gasteiger partial charge in [-0.1, -0.05) is 61.9 Å². The first kappa shape index (κ1) is 24.9. The number of carbonyl (C=O) groups excluding carboxylic acids is 2. The Morgan fingerprint density at radius 1 is 0.939 bits per heavy atom. The Hall–Kier alpha value is -2.71. The minimum absolute atomic E-state index is 0.177. The van der Waals surface area contributed by atoms with E-state index in [1.165, 1.54) is 43.5 Å². The summed E-state index contributed by atoms with van der Waals surface area (Å²) in [5.41, 5.74) is 7.06. The predicted octanol–water partition coefficient (Wildman–Crippen LogP) is 3.94. The van der Waals surface area contributed by atoms with E-state index in [2.05, 4.69) is 10.9 Å². The molecule has 3 rings (SSSR count). The van der Waals surface area contributed by atoms with Crippen molar-refractivity contribution in [1.29, 1.82) is 0 Å². The molecule has 33 heavy (non-hydrogen) atoms. The zero-order valence-electron chi connectivity index (χ0n) is 19.3. The number of rotatable bonds is 8. The molecule has 2 amide bonds. The molecule has 7 nitrogen and oxygen atoms in total. The van der Waals surface area contributed by atoms with E-state index in [4.69, 9.17) is 0 Å². The molecule has 0 heterocycles. The van der Waals surface area contributed by atoms with E-state index >= 15 is 0 Å². The van der Waals surface area contributed by atoms with Crippen molar-refractivity contribution >= 4 is 21.8 Å². The summed E-state index contributed by atoms with van der Waals surface area (Å²) in [6.45, 7) is 2.08. The highest BCUT2D eigenvalue weighted by molar-refractivity contribution is 7.89. The fourth-order valence-corrected chi connectivity index (χ4v) is 5.22. The topological polar surface area (TPSA) is 95.6 Å². The smallest absolute Gasteiger partial charge is 0.269 e. The van der Waals surface area contributed by atoms with Gasteiger partial charge in [-0.3, -0.25) is 20.4 Å². The molecule has 0 bridgehead atoms. The van der Waals surface area contributed by atoms with Crippen molar-refractivity contribution in [2.75, 3.05) is 7.05 Å². The highest BCUT2D eigenvalue weighted by Crippen LogP contribution is 2.27. The Labute approximate surface area is 196 Å². The van der Waals surface area contributed by atoms with Crippen LogP contribution in [0.1, 0.15) is 66.4 Å². The molecule has 0 spiro atoms. The fraction of sp³-hybridized carbons (Fsp3) is 0.440. The summed E-state index contributed by atoms with van der Waals surface area (Å²) in [5.74, 6) is 0.0161. The largest absolute Gasteiger partial charge is 0.273 e. The van der Waals surface area contributed by atoms with E-state index in [9.17, 15) is 18.0 Å². The molecule has 2 aromatic rings. The van der Waals surface area contributed by atoms with Crippen LogP contribution in [-0.4, -0.2) is 31.6 Å². The summed E-state index contributed by atoms with van der Waals surface area (Å²) >= 11 is 0. The van der Waals surface area contributed by atoms with E-state index in [1.54, 1.807) is 48.5 Å². The SMILES string of the molecule is Cc1ccc(S(=O)(=O)N(C)Cc2ccc(C(=O)NNC(=O)CCC3CCCCC3)cc2)cc1. The van der Waals surface area contributed by atoms with Crippen LogP contribution < -0.4 is 10.9 Å². The second kappa shape index (κ2) is 11.4. The fourth-order valence-electron chi connectivity index (χ4n) is 4.07. The normalized spacial score (nSPS) is 14.8. The van der Waals surface area contributed by atoms with Crippen LogP contribution >= 0.6 is 0 Å². The van der Waals surface area contributed by atoms with E-state index in [-0.39, 0.29) is 17.3 Å². The molecule has 0 radical (unpaired) electrons. The number of aryl methyl sites for hydroxylation is 1. The summed E-state index contributed by atoms with van der Waals surface area (Å²) in [4.78, 5) is 24.6. The second-order valence-corrected chi connectivity index (χ2v) is 10.9. The average Bonchev–Trinajstić information content (AvgIpc) is 2.82. The Kier molecular flexibility index (Phi) is 8.63. The number of hydrogen-bond acceptors (Lipinski definition) is 4. The maximum absolute atomic E-state index is 12.7. The molecule has 0 unspecified atom stereocenters. The van der Waals surface area contributed by atoms with Crippen molar-refractivity contribution in [3.63, 3.8) is 0 Å². The lowest BCUT2D eigenvalue weighted by Crippen LogP contribution is -2.41. The van der Waals surface area contributed by atoms with Crippen LogP contribution in [0.25, 0.3) is 0 Å². The monoisotopic (exact) mass is 471 g/mol. The van der Waals surface area contributed by atoms with Crippen LogP contribution in [0.15, 0.2) is 53.4 Å². The molecule has 1 aliphatic carbocycles. The molecule has 8 heteroatoms. The van der Waals surface area contributed by atoms with Crippen molar-refractivity contribution in [1.82, 2.24) is 15.2 Å². The lowest BCUT2D eigenvalue weighted by atomic mass is 9.86. The highest BCUT2D eigenvalue weighted by Gasteiger charge is 2.21.